The quantitative estimate of drug-likeness (QED) is 0.674. The van der Waals surface area contributed by atoms with Crippen molar-refractivity contribution in [2.75, 3.05) is 0 Å². The van der Waals surface area contributed by atoms with Crippen LogP contribution in [0.25, 0.3) is 0 Å². The number of rotatable bonds is 4. The van der Waals surface area contributed by atoms with Crippen LogP contribution >= 0.6 is 0 Å². The molecule has 1 heterocycles. The number of aromatic nitrogens is 1. The average Bonchev–Trinajstić information content (AvgIpc) is 2.46. The second-order valence-corrected chi connectivity index (χ2v) is 3.80. The van der Waals surface area contributed by atoms with E-state index in [0.717, 1.165) is 6.07 Å². The summed E-state index contributed by atoms with van der Waals surface area (Å²) in [5.41, 5.74) is -1.05. The van der Waals surface area contributed by atoms with Gasteiger partial charge in [0.1, 0.15) is 23.3 Å². The van der Waals surface area contributed by atoms with Gasteiger partial charge in [-0.2, -0.15) is 5.26 Å². The Morgan fingerprint density at radius 2 is 2.19 bits per heavy atom. The fraction of sp³-hybridized carbons (Fsp3) is 0. The van der Waals surface area contributed by atoms with Crippen molar-refractivity contribution in [2.45, 2.75) is 0 Å². The van der Waals surface area contributed by atoms with Gasteiger partial charge in [0, 0.05) is 18.3 Å². The van der Waals surface area contributed by atoms with Gasteiger partial charge < -0.3 is 9.84 Å². The number of nitriles is 1. The fourth-order valence-electron chi connectivity index (χ4n) is 1.63. The lowest BCUT2D eigenvalue weighted by Gasteiger charge is -2.08. The molecular formula is C13H7N3O5. The van der Waals surface area contributed by atoms with Gasteiger partial charge in [-0.25, -0.2) is 9.78 Å². The summed E-state index contributed by atoms with van der Waals surface area (Å²) in [5, 5.41) is 28.7. The number of aromatic carboxylic acids is 1. The summed E-state index contributed by atoms with van der Waals surface area (Å²) in [5.74, 6) is -1.51. The van der Waals surface area contributed by atoms with Crippen LogP contribution in [0.1, 0.15) is 16.1 Å². The van der Waals surface area contributed by atoms with E-state index in [-0.39, 0.29) is 17.2 Å². The molecular weight excluding hydrogens is 278 g/mol. The minimum Gasteiger partial charge on any atom is -0.477 e. The van der Waals surface area contributed by atoms with Crippen molar-refractivity contribution in [3.63, 3.8) is 0 Å². The van der Waals surface area contributed by atoms with E-state index in [2.05, 4.69) is 4.98 Å². The number of benzene rings is 1. The van der Waals surface area contributed by atoms with Crippen LogP contribution in [0.5, 0.6) is 11.5 Å². The molecule has 0 unspecified atom stereocenters. The molecule has 0 radical (unpaired) electrons. The maximum atomic E-state index is 11.2. The van der Waals surface area contributed by atoms with E-state index in [0.29, 0.717) is 0 Å². The van der Waals surface area contributed by atoms with Crippen molar-refractivity contribution in [2.24, 2.45) is 0 Å². The number of hydrogen-bond acceptors (Lipinski definition) is 6. The number of nitro benzene ring substituents is 1. The number of nitrogens with zero attached hydrogens (tertiary/aromatic N) is 3. The Balaban J connectivity index is 2.49. The van der Waals surface area contributed by atoms with Crippen LogP contribution in [-0.2, 0) is 0 Å². The molecule has 1 N–H and O–H groups in total. The highest BCUT2D eigenvalue weighted by Gasteiger charge is 2.25. The molecule has 0 aliphatic heterocycles. The Kier molecular flexibility index (Phi) is 3.76. The SMILES string of the molecule is N#Cc1cc(Oc2cccc([N+](=O)[O-])c2C(=O)O)ccn1. The van der Waals surface area contributed by atoms with Crippen LogP contribution in [0.15, 0.2) is 36.5 Å². The van der Waals surface area contributed by atoms with E-state index in [1.165, 1.54) is 30.5 Å². The number of carboxylic acids is 1. The van der Waals surface area contributed by atoms with Crippen LogP contribution in [0.4, 0.5) is 5.69 Å². The van der Waals surface area contributed by atoms with Gasteiger partial charge in [-0.1, -0.05) is 6.07 Å². The molecule has 0 fully saturated rings. The lowest BCUT2D eigenvalue weighted by Crippen LogP contribution is -2.05. The second kappa shape index (κ2) is 5.66. The molecule has 0 saturated heterocycles. The third-order valence-corrected chi connectivity index (χ3v) is 2.49. The summed E-state index contributed by atoms with van der Waals surface area (Å²) in [4.78, 5) is 25.0. The van der Waals surface area contributed by atoms with Gasteiger partial charge >= 0.3 is 5.97 Å². The van der Waals surface area contributed by atoms with E-state index >= 15 is 0 Å². The molecule has 21 heavy (non-hydrogen) atoms. The minimum atomic E-state index is -1.48. The van der Waals surface area contributed by atoms with Crippen LogP contribution in [0.3, 0.4) is 0 Å². The molecule has 2 aromatic rings. The molecule has 8 heteroatoms. The number of carbonyl (C=O) groups is 1. The number of hydrogen-bond donors (Lipinski definition) is 1. The zero-order valence-corrected chi connectivity index (χ0v) is 10.4. The van der Waals surface area contributed by atoms with Gasteiger partial charge in [0.15, 0.2) is 5.56 Å². The van der Waals surface area contributed by atoms with Crippen LogP contribution in [0.2, 0.25) is 0 Å². The molecule has 0 aliphatic rings. The Hall–Kier alpha value is -3.47. The van der Waals surface area contributed by atoms with Crippen molar-refractivity contribution in [3.8, 4) is 17.6 Å². The predicted molar refractivity (Wildman–Crippen MR) is 69.1 cm³/mol. The smallest absolute Gasteiger partial charge is 0.346 e. The standard InChI is InChI=1S/C13H7N3O5/c14-7-8-6-9(4-5-15-8)21-11-3-1-2-10(16(19)20)12(11)13(17)18/h1-6H,(H,17,18). The van der Waals surface area contributed by atoms with Crippen molar-refractivity contribution >= 4 is 11.7 Å². The van der Waals surface area contributed by atoms with Gasteiger partial charge in [-0.05, 0) is 12.1 Å². The van der Waals surface area contributed by atoms with Crippen molar-refractivity contribution in [3.05, 3.63) is 57.9 Å². The first kappa shape index (κ1) is 14.0. The van der Waals surface area contributed by atoms with Crippen LogP contribution in [-0.4, -0.2) is 21.0 Å². The zero-order chi connectivity index (χ0) is 15.4. The molecule has 1 aromatic heterocycles. The third-order valence-electron chi connectivity index (χ3n) is 2.49. The summed E-state index contributed by atoms with van der Waals surface area (Å²) in [6.45, 7) is 0. The predicted octanol–water partition coefficient (Wildman–Crippen LogP) is 2.35. The Morgan fingerprint density at radius 3 is 2.81 bits per heavy atom. The van der Waals surface area contributed by atoms with Crippen molar-refractivity contribution in [1.29, 1.82) is 5.26 Å². The summed E-state index contributed by atoms with van der Waals surface area (Å²) in [7, 11) is 0. The largest absolute Gasteiger partial charge is 0.477 e. The zero-order valence-electron chi connectivity index (χ0n) is 10.4. The van der Waals surface area contributed by atoms with E-state index in [9.17, 15) is 14.9 Å². The van der Waals surface area contributed by atoms with Crippen molar-refractivity contribution in [1.82, 2.24) is 4.98 Å². The van der Waals surface area contributed by atoms with E-state index in [1.807, 2.05) is 0 Å². The first-order chi connectivity index (χ1) is 10.0. The molecule has 104 valence electrons. The molecule has 0 spiro atoms. The molecule has 2 rings (SSSR count). The third kappa shape index (κ3) is 2.93. The monoisotopic (exact) mass is 285 g/mol. The molecule has 0 atom stereocenters. The first-order valence-electron chi connectivity index (χ1n) is 5.57. The molecule has 0 saturated carbocycles. The highest BCUT2D eigenvalue weighted by atomic mass is 16.6. The Labute approximate surface area is 118 Å². The van der Waals surface area contributed by atoms with Gasteiger partial charge in [-0.3, -0.25) is 10.1 Å². The first-order valence-corrected chi connectivity index (χ1v) is 5.57. The summed E-state index contributed by atoms with van der Waals surface area (Å²) >= 11 is 0. The van der Waals surface area contributed by atoms with Crippen molar-refractivity contribution < 1.29 is 19.6 Å². The van der Waals surface area contributed by atoms with E-state index < -0.39 is 22.1 Å². The van der Waals surface area contributed by atoms with Gasteiger partial charge in [0.05, 0.1) is 4.92 Å². The lowest BCUT2D eigenvalue weighted by atomic mass is 10.1. The average molecular weight is 285 g/mol. The maximum absolute atomic E-state index is 11.2. The lowest BCUT2D eigenvalue weighted by molar-refractivity contribution is -0.385. The minimum absolute atomic E-state index is 0.0785. The number of pyridine rings is 1. The molecule has 8 nitrogen and oxygen atoms in total. The number of nitro groups is 1. The van der Waals surface area contributed by atoms with E-state index in [1.54, 1.807) is 6.07 Å². The van der Waals surface area contributed by atoms with Gasteiger partial charge in [0.25, 0.3) is 5.69 Å². The molecule has 0 bridgehead atoms. The number of ether oxygens (including phenoxy) is 1. The fourth-order valence-corrected chi connectivity index (χ4v) is 1.63. The summed E-state index contributed by atoms with van der Waals surface area (Å²) < 4.78 is 5.33. The maximum Gasteiger partial charge on any atom is 0.346 e. The van der Waals surface area contributed by atoms with Crippen LogP contribution < -0.4 is 4.74 Å². The second-order valence-electron chi connectivity index (χ2n) is 3.80. The van der Waals surface area contributed by atoms with E-state index in [4.69, 9.17) is 15.1 Å². The normalized spacial score (nSPS) is 9.67. The van der Waals surface area contributed by atoms with Crippen LogP contribution in [0, 0.1) is 21.4 Å². The molecule has 0 amide bonds. The highest BCUT2D eigenvalue weighted by molar-refractivity contribution is 5.95. The molecule has 1 aromatic carbocycles. The summed E-state index contributed by atoms with van der Waals surface area (Å²) in [6, 6.07) is 8.19. The summed E-state index contributed by atoms with van der Waals surface area (Å²) in [6.07, 6.45) is 1.31. The molecule has 0 aliphatic carbocycles. The Morgan fingerprint density at radius 1 is 1.43 bits per heavy atom. The Bertz CT molecular complexity index is 767. The highest BCUT2D eigenvalue weighted by Crippen LogP contribution is 2.31. The topological polar surface area (TPSA) is 126 Å². The van der Waals surface area contributed by atoms with Gasteiger partial charge in [-0.15, -0.1) is 0 Å². The van der Waals surface area contributed by atoms with Gasteiger partial charge in [0.2, 0.25) is 0 Å². The number of carboxylic acid groups (broad SMARTS) is 1.